The molecular weight excluding hydrogens is 350 g/mol. The van der Waals surface area contributed by atoms with Crippen LogP contribution in [0.4, 0.5) is 4.39 Å². The molecule has 0 atom stereocenters. The smallest absolute Gasteiger partial charge is 0.137 e. The Morgan fingerprint density at radius 1 is 1.06 bits per heavy atom. The van der Waals surface area contributed by atoms with Gasteiger partial charge in [-0.1, -0.05) is 11.8 Å². The lowest BCUT2D eigenvalue weighted by atomic mass is 10.3. The van der Waals surface area contributed by atoms with Gasteiger partial charge < -0.3 is 4.74 Å². The second-order valence-electron chi connectivity index (χ2n) is 3.35. The van der Waals surface area contributed by atoms with Crippen LogP contribution in [-0.4, -0.2) is 7.11 Å². The molecule has 0 unspecified atom stereocenters. The standard InChI is InChI=1S/C13H10FIOS/c1-16-9-2-4-10(5-3-9)17-11-6-7-13(15)12(14)8-11/h2-8H,1H3. The van der Waals surface area contributed by atoms with Crippen LogP contribution in [0.15, 0.2) is 52.3 Å². The van der Waals surface area contributed by atoms with E-state index < -0.39 is 0 Å². The summed E-state index contributed by atoms with van der Waals surface area (Å²) in [6.45, 7) is 0. The molecule has 88 valence electrons. The lowest BCUT2D eigenvalue weighted by Gasteiger charge is -2.04. The SMILES string of the molecule is COc1ccc(Sc2ccc(I)c(F)c2)cc1. The normalized spacial score (nSPS) is 10.3. The Morgan fingerprint density at radius 3 is 2.29 bits per heavy atom. The molecule has 0 N–H and O–H groups in total. The monoisotopic (exact) mass is 360 g/mol. The van der Waals surface area contributed by atoms with Crippen molar-refractivity contribution in [1.29, 1.82) is 0 Å². The first-order chi connectivity index (χ1) is 8.19. The predicted molar refractivity (Wildman–Crippen MR) is 76.2 cm³/mol. The van der Waals surface area contributed by atoms with Crippen molar-refractivity contribution in [3.8, 4) is 5.75 Å². The molecule has 17 heavy (non-hydrogen) atoms. The zero-order valence-electron chi connectivity index (χ0n) is 9.11. The highest BCUT2D eigenvalue weighted by atomic mass is 127. The first kappa shape index (κ1) is 12.7. The average molecular weight is 360 g/mol. The molecule has 1 nitrogen and oxygen atoms in total. The fraction of sp³-hybridized carbons (Fsp3) is 0.0769. The van der Waals surface area contributed by atoms with E-state index in [0.29, 0.717) is 3.57 Å². The number of rotatable bonds is 3. The van der Waals surface area contributed by atoms with Gasteiger partial charge in [0.2, 0.25) is 0 Å². The third-order valence-electron chi connectivity index (χ3n) is 2.19. The zero-order chi connectivity index (χ0) is 12.3. The van der Waals surface area contributed by atoms with E-state index in [2.05, 4.69) is 0 Å². The minimum absolute atomic E-state index is 0.177. The van der Waals surface area contributed by atoms with Gasteiger partial charge in [0.05, 0.1) is 7.11 Å². The van der Waals surface area contributed by atoms with Crippen LogP contribution < -0.4 is 4.74 Å². The summed E-state index contributed by atoms with van der Waals surface area (Å²) in [6.07, 6.45) is 0. The summed E-state index contributed by atoms with van der Waals surface area (Å²) in [5.74, 6) is 0.646. The molecule has 0 fully saturated rings. The third kappa shape index (κ3) is 3.35. The minimum atomic E-state index is -0.177. The number of ether oxygens (including phenoxy) is 1. The summed E-state index contributed by atoms with van der Waals surface area (Å²) in [5, 5.41) is 0. The van der Waals surface area contributed by atoms with Gasteiger partial charge in [-0.25, -0.2) is 4.39 Å². The summed E-state index contributed by atoms with van der Waals surface area (Å²) in [5.41, 5.74) is 0. The van der Waals surface area contributed by atoms with Gasteiger partial charge in [0.15, 0.2) is 0 Å². The van der Waals surface area contributed by atoms with Gasteiger partial charge in [-0.05, 0) is 65.1 Å². The van der Waals surface area contributed by atoms with Crippen LogP contribution >= 0.6 is 34.4 Å². The Balaban J connectivity index is 2.16. The molecule has 4 heteroatoms. The molecule has 0 aliphatic carbocycles. The van der Waals surface area contributed by atoms with Crippen molar-refractivity contribution < 1.29 is 9.13 Å². The number of benzene rings is 2. The zero-order valence-corrected chi connectivity index (χ0v) is 12.1. The van der Waals surface area contributed by atoms with Crippen molar-refractivity contribution in [3.63, 3.8) is 0 Å². The van der Waals surface area contributed by atoms with E-state index in [0.717, 1.165) is 15.5 Å². The van der Waals surface area contributed by atoms with Gasteiger partial charge in [-0.15, -0.1) is 0 Å². The molecule has 0 aliphatic rings. The van der Waals surface area contributed by atoms with E-state index in [1.54, 1.807) is 19.2 Å². The summed E-state index contributed by atoms with van der Waals surface area (Å²) < 4.78 is 19.1. The van der Waals surface area contributed by atoms with Gasteiger partial charge in [0.1, 0.15) is 11.6 Å². The number of hydrogen-bond acceptors (Lipinski definition) is 2. The summed E-state index contributed by atoms with van der Waals surface area (Å²) in [4.78, 5) is 1.96. The summed E-state index contributed by atoms with van der Waals surface area (Å²) in [7, 11) is 1.64. The summed E-state index contributed by atoms with van der Waals surface area (Å²) >= 11 is 3.51. The molecule has 0 spiro atoms. The second kappa shape index (κ2) is 5.73. The van der Waals surface area contributed by atoms with Crippen LogP contribution in [0.2, 0.25) is 0 Å². The largest absolute Gasteiger partial charge is 0.497 e. The van der Waals surface area contributed by atoms with Crippen molar-refractivity contribution in [2.75, 3.05) is 7.11 Å². The van der Waals surface area contributed by atoms with Crippen LogP contribution in [0.25, 0.3) is 0 Å². The van der Waals surface area contributed by atoms with Crippen LogP contribution in [0.5, 0.6) is 5.75 Å². The molecule has 0 saturated carbocycles. The van der Waals surface area contributed by atoms with Gasteiger partial charge >= 0.3 is 0 Å². The van der Waals surface area contributed by atoms with E-state index >= 15 is 0 Å². The molecule has 0 amide bonds. The molecular formula is C13H10FIOS. The Bertz CT molecular complexity index is 513. The molecule has 0 bridgehead atoms. The topological polar surface area (TPSA) is 9.23 Å². The molecule has 2 aromatic carbocycles. The number of halogens is 2. The van der Waals surface area contributed by atoms with Crippen molar-refractivity contribution in [2.24, 2.45) is 0 Å². The van der Waals surface area contributed by atoms with Crippen molar-refractivity contribution in [3.05, 3.63) is 51.9 Å². The van der Waals surface area contributed by atoms with E-state index in [4.69, 9.17) is 4.74 Å². The lowest BCUT2D eigenvalue weighted by molar-refractivity contribution is 0.414. The van der Waals surface area contributed by atoms with Gasteiger partial charge in [-0.2, -0.15) is 0 Å². The van der Waals surface area contributed by atoms with Crippen molar-refractivity contribution in [2.45, 2.75) is 9.79 Å². The molecule has 0 heterocycles. The van der Waals surface area contributed by atoms with Crippen molar-refractivity contribution >= 4 is 34.4 Å². The Labute approximate surface area is 118 Å². The van der Waals surface area contributed by atoms with E-state index in [1.165, 1.54) is 11.8 Å². The van der Waals surface area contributed by atoms with Crippen LogP contribution in [-0.2, 0) is 0 Å². The molecule has 2 rings (SSSR count). The van der Waals surface area contributed by atoms with E-state index in [9.17, 15) is 4.39 Å². The predicted octanol–water partition coefficient (Wildman–Crippen LogP) is 4.59. The molecule has 0 aromatic heterocycles. The van der Waals surface area contributed by atoms with Crippen molar-refractivity contribution in [1.82, 2.24) is 0 Å². The van der Waals surface area contributed by atoms with Crippen LogP contribution in [0.1, 0.15) is 0 Å². The number of hydrogen-bond donors (Lipinski definition) is 0. The molecule has 0 saturated heterocycles. The van der Waals surface area contributed by atoms with E-state index in [-0.39, 0.29) is 5.82 Å². The molecule has 2 aromatic rings. The lowest BCUT2D eigenvalue weighted by Crippen LogP contribution is -1.83. The van der Waals surface area contributed by atoms with Gasteiger partial charge in [0.25, 0.3) is 0 Å². The molecule has 0 aliphatic heterocycles. The van der Waals surface area contributed by atoms with Gasteiger partial charge in [-0.3, -0.25) is 0 Å². The quantitative estimate of drug-likeness (QED) is 0.741. The molecule has 0 radical (unpaired) electrons. The van der Waals surface area contributed by atoms with Crippen LogP contribution in [0, 0.1) is 9.39 Å². The fourth-order valence-corrected chi connectivity index (χ4v) is 2.50. The Hall–Kier alpha value is -0.750. The Morgan fingerprint density at radius 2 is 1.71 bits per heavy atom. The average Bonchev–Trinajstić information content (AvgIpc) is 2.35. The summed E-state index contributed by atoms with van der Waals surface area (Å²) in [6, 6.07) is 13.0. The van der Waals surface area contributed by atoms with E-state index in [1.807, 2.05) is 52.9 Å². The third-order valence-corrected chi connectivity index (χ3v) is 4.06. The maximum absolute atomic E-state index is 13.4. The highest BCUT2D eigenvalue weighted by Gasteiger charge is 2.02. The maximum Gasteiger partial charge on any atom is 0.137 e. The Kier molecular flexibility index (Phi) is 4.28. The first-order valence-corrected chi connectivity index (χ1v) is 6.85. The van der Waals surface area contributed by atoms with Crippen LogP contribution in [0.3, 0.4) is 0 Å². The highest BCUT2D eigenvalue weighted by molar-refractivity contribution is 14.1. The van der Waals surface area contributed by atoms with Gasteiger partial charge in [0, 0.05) is 13.4 Å². The number of methoxy groups -OCH3 is 1. The highest BCUT2D eigenvalue weighted by Crippen LogP contribution is 2.30. The minimum Gasteiger partial charge on any atom is -0.497 e. The first-order valence-electron chi connectivity index (χ1n) is 4.96. The second-order valence-corrected chi connectivity index (χ2v) is 5.66. The fourth-order valence-electron chi connectivity index (χ4n) is 1.32. The maximum atomic E-state index is 13.4.